The fraction of sp³-hybridized carbons (Fsp3) is 0.857. The lowest BCUT2D eigenvalue weighted by molar-refractivity contribution is 0.140. The van der Waals surface area contributed by atoms with Crippen molar-refractivity contribution >= 4 is 29.9 Å². The first-order valence-electron chi connectivity index (χ1n) is 11.3. The maximum Gasteiger partial charge on any atom is 0.191 e. The Morgan fingerprint density at radius 1 is 1.23 bits per heavy atom. The number of rotatable bonds is 8. The number of halogens is 1. The van der Waals surface area contributed by atoms with E-state index in [0.29, 0.717) is 12.6 Å². The van der Waals surface area contributed by atoms with Crippen molar-refractivity contribution in [2.75, 3.05) is 39.8 Å². The molecule has 3 atom stereocenters. The van der Waals surface area contributed by atoms with E-state index in [-0.39, 0.29) is 24.0 Å². The van der Waals surface area contributed by atoms with Crippen LogP contribution in [0.1, 0.15) is 51.7 Å². The molecule has 1 saturated heterocycles. The molecule has 172 valence electrons. The van der Waals surface area contributed by atoms with Crippen LogP contribution in [0, 0.1) is 11.8 Å². The van der Waals surface area contributed by atoms with Crippen molar-refractivity contribution in [3.63, 3.8) is 0 Å². The minimum absolute atomic E-state index is 0. The van der Waals surface area contributed by atoms with E-state index in [0.717, 1.165) is 74.9 Å². The zero-order chi connectivity index (χ0) is 20.6. The maximum absolute atomic E-state index is 5.15. The van der Waals surface area contributed by atoms with Crippen LogP contribution >= 0.6 is 24.0 Å². The average molecular weight is 534 g/mol. The Balaban J connectivity index is 0.00000320. The summed E-state index contributed by atoms with van der Waals surface area (Å²) < 4.78 is 7.16. The van der Waals surface area contributed by atoms with Gasteiger partial charge in [-0.2, -0.15) is 5.10 Å². The first-order valence-corrected chi connectivity index (χ1v) is 11.3. The summed E-state index contributed by atoms with van der Waals surface area (Å²) in [5, 5.41) is 11.5. The predicted octanol–water partition coefficient (Wildman–Crippen LogP) is 2.28. The number of hydrogen-bond acceptors (Lipinski definition) is 5. The van der Waals surface area contributed by atoms with E-state index >= 15 is 0 Å². The van der Waals surface area contributed by atoms with E-state index in [4.69, 9.17) is 9.73 Å². The number of hydrogen-bond donors (Lipinski definition) is 2. The maximum atomic E-state index is 5.15. The highest BCUT2D eigenvalue weighted by Crippen LogP contribution is 2.20. The van der Waals surface area contributed by atoms with Gasteiger partial charge in [0.25, 0.3) is 0 Å². The molecule has 3 unspecified atom stereocenters. The Morgan fingerprint density at radius 3 is 2.70 bits per heavy atom. The molecule has 2 N–H and O–H groups in total. The molecule has 1 aromatic heterocycles. The van der Waals surface area contributed by atoms with Crippen molar-refractivity contribution in [3.8, 4) is 0 Å². The van der Waals surface area contributed by atoms with Crippen LogP contribution < -0.4 is 10.6 Å². The van der Waals surface area contributed by atoms with Crippen molar-refractivity contribution in [1.29, 1.82) is 0 Å². The summed E-state index contributed by atoms with van der Waals surface area (Å²) >= 11 is 0. The van der Waals surface area contributed by atoms with Gasteiger partial charge in [-0.05, 0) is 44.6 Å². The summed E-state index contributed by atoms with van der Waals surface area (Å²) in [6, 6.07) is 0.321. The minimum Gasteiger partial charge on any atom is -0.377 e. The second-order valence-corrected chi connectivity index (χ2v) is 8.76. The molecule has 0 spiro atoms. The van der Waals surface area contributed by atoms with Gasteiger partial charge in [-0.3, -0.25) is 4.99 Å². The van der Waals surface area contributed by atoms with Crippen LogP contribution in [0.3, 0.4) is 0 Å². The molecule has 0 radical (unpaired) electrons. The standard InChI is InChI=1S/C21H39N7O.HI/c1-5-22-21(23-9-6-10-27-12-16(2)11-17(3)13-27)24-18-7-8-20-25-19(15-29-4)26-28(20)14-18;/h16-18H,5-15H2,1-4H3,(H2,22,23,24);1H. The van der Waals surface area contributed by atoms with Crippen molar-refractivity contribution < 1.29 is 4.74 Å². The highest BCUT2D eigenvalue weighted by Gasteiger charge is 2.23. The zero-order valence-corrected chi connectivity index (χ0v) is 21.4. The molecule has 3 heterocycles. The normalized spacial score (nSPS) is 24.8. The van der Waals surface area contributed by atoms with Crippen LogP contribution in [-0.4, -0.2) is 71.5 Å². The number of nitrogens with zero attached hydrogens (tertiary/aromatic N) is 5. The molecule has 0 saturated carbocycles. The number of piperidine rings is 1. The van der Waals surface area contributed by atoms with Gasteiger partial charge < -0.3 is 20.3 Å². The molecule has 1 aromatic rings. The van der Waals surface area contributed by atoms with Gasteiger partial charge >= 0.3 is 0 Å². The van der Waals surface area contributed by atoms with Gasteiger partial charge in [0.2, 0.25) is 0 Å². The molecule has 30 heavy (non-hydrogen) atoms. The molecule has 0 bridgehead atoms. The van der Waals surface area contributed by atoms with Crippen LogP contribution in [0.2, 0.25) is 0 Å². The lowest BCUT2D eigenvalue weighted by Crippen LogP contribution is -2.47. The Kier molecular flexibility index (Phi) is 10.8. The molecule has 9 heteroatoms. The Morgan fingerprint density at radius 2 is 2.00 bits per heavy atom. The highest BCUT2D eigenvalue weighted by molar-refractivity contribution is 14.0. The van der Waals surface area contributed by atoms with E-state index in [1.165, 1.54) is 19.5 Å². The van der Waals surface area contributed by atoms with E-state index in [1.54, 1.807) is 7.11 Å². The van der Waals surface area contributed by atoms with Gasteiger partial charge in [0.1, 0.15) is 12.4 Å². The SMILES string of the molecule is CCNC(=NCCCN1CC(C)CC(C)C1)NC1CCc2nc(COC)nn2C1.I. The molecule has 0 aromatic carbocycles. The second kappa shape index (κ2) is 12.8. The summed E-state index contributed by atoms with van der Waals surface area (Å²) in [5.41, 5.74) is 0. The number of aryl methyl sites for hydroxylation is 1. The third kappa shape index (κ3) is 7.64. The monoisotopic (exact) mass is 533 g/mol. The van der Waals surface area contributed by atoms with E-state index < -0.39 is 0 Å². The van der Waals surface area contributed by atoms with Crippen LogP contribution in [0.25, 0.3) is 0 Å². The number of methoxy groups -OCH3 is 1. The summed E-state index contributed by atoms with van der Waals surface area (Å²) in [6.07, 6.45) is 4.44. The molecule has 2 aliphatic heterocycles. The number of aliphatic imine (C=N–C) groups is 1. The molecular formula is C21H40IN7O. The number of ether oxygens (including phenoxy) is 1. The molecule has 1 fully saturated rings. The molecule has 0 amide bonds. The van der Waals surface area contributed by atoms with E-state index in [2.05, 4.69) is 46.4 Å². The molecule has 2 aliphatic rings. The summed E-state index contributed by atoms with van der Waals surface area (Å²) in [5.74, 6) is 4.38. The van der Waals surface area contributed by atoms with Crippen LogP contribution in [0.4, 0.5) is 0 Å². The Hall–Kier alpha value is -0.940. The number of fused-ring (bicyclic) bond motifs is 1. The lowest BCUT2D eigenvalue weighted by atomic mass is 9.92. The van der Waals surface area contributed by atoms with Gasteiger partial charge in [-0.15, -0.1) is 24.0 Å². The quantitative estimate of drug-likeness (QED) is 0.231. The van der Waals surface area contributed by atoms with Crippen molar-refractivity contribution in [1.82, 2.24) is 30.3 Å². The van der Waals surface area contributed by atoms with Gasteiger partial charge in [-0.1, -0.05) is 13.8 Å². The number of likely N-dealkylation sites (tertiary alicyclic amines) is 1. The lowest BCUT2D eigenvalue weighted by Gasteiger charge is -2.34. The Bertz CT molecular complexity index is 656. The molecule has 0 aliphatic carbocycles. The smallest absolute Gasteiger partial charge is 0.191 e. The van der Waals surface area contributed by atoms with Crippen LogP contribution in [0.5, 0.6) is 0 Å². The van der Waals surface area contributed by atoms with Gasteiger partial charge in [0.15, 0.2) is 11.8 Å². The van der Waals surface area contributed by atoms with Crippen LogP contribution in [0.15, 0.2) is 4.99 Å². The molecule has 3 rings (SSSR count). The highest BCUT2D eigenvalue weighted by atomic mass is 127. The van der Waals surface area contributed by atoms with Crippen LogP contribution in [-0.2, 0) is 24.3 Å². The second-order valence-electron chi connectivity index (χ2n) is 8.76. The summed E-state index contributed by atoms with van der Waals surface area (Å²) in [7, 11) is 1.68. The topological polar surface area (TPSA) is 79.6 Å². The first kappa shape index (κ1) is 25.3. The average Bonchev–Trinajstić information content (AvgIpc) is 3.06. The zero-order valence-electron chi connectivity index (χ0n) is 19.1. The van der Waals surface area contributed by atoms with Crippen molar-refractivity contribution in [3.05, 3.63) is 11.6 Å². The van der Waals surface area contributed by atoms with Gasteiger partial charge in [-0.25, -0.2) is 9.67 Å². The number of guanidine groups is 1. The molecule has 8 nitrogen and oxygen atoms in total. The number of aromatic nitrogens is 3. The van der Waals surface area contributed by atoms with Crippen molar-refractivity contribution in [2.24, 2.45) is 16.8 Å². The molecular weight excluding hydrogens is 493 g/mol. The van der Waals surface area contributed by atoms with E-state index in [9.17, 15) is 0 Å². The predicted molar refractivity (Wildman–Crippen MR) is 131 cm³/mol. The van der Waals surface area contributed by atoms with E-state index in [1.807, 2.05) is 4.68 Å². The van der Waals surface area contributed by atoms with Crippen molar-refractivity contribution in [2.45, 2.75) is 65.6 Å². The largest absolute Gasteiger partial charge is 0.377 e. The van der Waals surface area contributed by atoms with Gasteiger partial charge in [0, 0.05) is 45.8 Å². The Labute approximate surface area is 198 Å². The van der Waals surface area contributed by atoms with Gasteiger partial charge in [0.05, 0.1) is 6.54 Å². The fourth-order valence-corrected chi connectivity index (χ4v) is 4.64. The first-order chi connectivity index (χ1) is 14.1. The third-order valence-corrected chi connectivity index (χ3v) is 5.71. The third-order valence-electron chi connectivity index (χ3n) is 5.71. The minimum atomic E-state index is 0. The fourth-order valence-electron chi connectivity index (χ4n) is 4.64. The summed E-state index contributed by atoms with van der Waals surface area (Å²) in [6.45, 7) is 13.5. The summed E-state index contributed by atoms with van der Waals surface area (Å²) in [4.78, 5) is 12.0. The number of nitrogens with one attached hydrogen (secondary N) is 2.